The summed E-state index contributed by atoms with van der Waals surface area (Å²) in [6, 6.07) is -0.354. The van der Waals surface area contributed by atoms with E-state index in [1.165, 1.54) is 0 Å². The van der Waals surface area contributed by atoms with Crippen LogP contribution < -0.4 is 31.9 Å². The second-order valence-corrected chi connectivity index (χ2v) is 13.5. The van der Waals surface area contributed by atoms with Crippen LogP contribution in [0.2, 0.25) is 0 Å². The molecule has 0 aliphatic carbocycles. The highest BCUT2D eigenvalue weighted by atomic mass is 32.1. The van der Waals surface area contributed by atoms with Crippen molar-refractivity contribution in [3.05, 3.63) is 0 Å². The molecule has 20 heteroatoms. The van der Waals surface area contributed by atoms with Crippen LogP contribution >= 0.6 is 25.8 Å². The quantitative estimate of drug-likeness (QED) is 0.0183. The van der Waals surface area contributed by atoms with Crippen LogP contribution in [0.4, 0.5) is 0 Å². The van der Waals surface area contributed by atoms with E-state index in [9.17, 15) is 33.9 Å². The molecule has 0 bridgehead atoms. The van der Waals surface area contributed by atoms with Gasteiger partial charge in [0.05, 0.1) is 33.0 Å². The third-order valence-corrected chi connectivity index (χ3v) is 8.40. The third-order valence-electron chi connectivity index (χ3n) is 8.03. The van der Waals surface area contributed by atoms with Crippen molar-refractivity contribution < 1.29 is 56.5 Å². The number of carbonyl (C=O) groups excluding carboxylic acids is 6. The molecule has 0 heterocycles. The fourth-order valence-electron chi connectivity index (χ4n) is 5.04. The van der Waals surface area contributed by atoms with Gasteiger partial charge in [-0.3, -0.25) is 28.8 Å². The number of methoxy groups -OCH3 is 1. The Morgan fingerprint density at radius 2 is 1.21 bits per heavy atom. The van der Waals surface area contributed by atoms with Crippen LogP contribution in [0.1, 0.15) is 96.8 Å². The molecule has 0 radical (unpaired) electrons. The Labute approximate surface area is 350 Å². The van der Waals surface area contributed by atoms with E-state index < -0.39 is 0 Å². The number of hydrogen-bond donors (Lipinski definition) is 9. The van der Waals surface area contributed by atoms with Crippen molar-refractivity contribution in [2.75, 3.05) is 92.7 Å². The van der Waals surface area contributed by atoms with Gasteiger partial charge in [0.15, 0.2) is 0 Å². The number of unbranched alkanes of at least 4 members (excludes halogenated alkanes) is 3. The summed E-state index contributed by atoms with van der Waals surface area (Å²) >= 11 is 7.22. The molecule has 0 saturated heterocycles. The molecule has 0 fully saturated rings. The number of ether oxygens (including phenoxy) is 3. The van der Waals surface area contributed by atoms with Crippen molar-refractivity contribution >= 4 is 61.8 Å². The average molecular weight is 857 g/mol. The number of aliphatic hydroxyl groups excluding tert-OH is 1. The first kappa shape index (κ1) is 56.4. The van der Waals surface area contributed by atoms with E-state index in [0.29, 0.717) is 124 Å². The Hall–Kier alpha value is -2.72. The molecule has 7 N–H and O–H groups in total. The van der Waals surface area contributed by atoms with Crippen molar-refractivity contribution in [1.82, 2.24) is 31.9 Å². The molecular formula is C37H72N6O12S2. The molecule has 6 amide bonds. The number of thiol groups is 2. The Balaban J connectivity index is 0. The smallest absolute Gasteiger partial charge is 0.245 e. The highest BCUT2D eigenvalue weighted by molar-refractivity contribution is 7.75. The number of carbonyl (C=O) groups is 6. The van der Waals surface area contributed by atoms with Crippen LogP contribution in [-0.4, -0.2) is 140 Å². The molecule has 334 valence electrons. The summed E-state index contributed by atoms with van der Waals surface area (Å²) in [6.07, 6.45) is 8.83. The number of aliphatic hydroxyl groups is 1. The zero-order chi connectivity index (χ0) is 42.6. The summed E-state index contributed by atoms with van der Waals surface area (Å²) in [5.41, 5.74) is 0. The molecule has 0 aromatic heterocycles. The lowest BCUT2D eigenvalue weighted by atomic mass is 10.0. The zero-order valence-electron chi connectivity index (χ0n) is 34.2. The molecule has 2 atom stereocenters. The molecule has 18 nitrogen and oxygen atoms in total. The largest absolute Gasteiger partial charge is 0.396 e. The summed E-state index contributed by atoms with van der Waals surface area (Å²) in [7, 11) is 1.60. The Bertz CT molecular complexity index is 1020. The van der Waals surface area contributed by atoms with Crippen LogP contribution in [0.15, 0.2) is 0 Å². The highest BCUT2D eigenvalue weighted by Crippen LogP contribution is 2.09. The summed E-state index contributed by atoms with van der Waals surface area (Å²) in [4.78, 5) is 70.1. The van der Waals surface area contributed by atoms with E-state index in [-0.39, 0.29) is 74.2 Å². The maximum Gasteiger partial charge on any atom is 0.245 e. The maximum atomic E-state index is 12.6. The maximum absolute atomic E-state index is 12.6. The van der Waals surface area contributed by atoms with Gasteiger partial charge in [-0.15, -0.1) is 0 Å². The molecule has 57 heavy (non-hydrogen) atoms. The van der Waals surface area contributed by atoms with Gasteiger partial charge in [0, 0.05) is 90.7 Å². The summed E-state index contributed by atoms with van der Waals surface area (Å²) in [5, 5.41) is 25.9. The first-order chi connectivity index (χ1) is 27.7. The van der Waals surface area contributed by atoms with Gasteiger partial charge in [0.25, 0.3) is 0 Å². The van der Waals surface area contributed by atoms with Crippen molar-refractivity contribution in [1.29, 1.82) is 0 Å². The molecule has 0 saturated carbocycles. The predicted molar refractivity (Wildman–Crippen MR) is 222 cm³/mol. The minimum Gasteiger partial charge on any atom is -0.396 e. The zero-order valence-corrected chi connectivity index (χ0v) is 35.9. The standard InChI is InChI=1S/C29H55N5O9S.C8H17NO3S/c1-41-21-24(20-35)9-2-5-14-31-28(39)19-25(34-27(38)12-8-13-30-23-36)10-3-6-15-32-29(40)22-42-18-16-33-26(37)11-4-7-17-43-44;1-2-11-7-5-9-8(10)4-3-6-12-13/h23-25,35,44H,2-22H2,1H3,(H,30,36)(H,31,39)(H,32,40)(H,33,37)(H,34,38);13H,2-7H2,1H3,(H,9,10). The van der Waals surface area contributed by atoms with Crippen LogP contribution in [0.3, 0.4) is 0 Å². The lowest BCUT2D eigenvalue weighted by Gasteiger charge is -2.19. The van der Waals surface area contributed by atoms with Crippen LogP contribution in [-0.2, 0) is 51.3 Å². The third kappa shape index (κ3) is 42.7. The Morgan fingerprint density at radius 1 is 0.632 bits per heavy atom. The van der Waals surface area contributed by atoms with Crippen LogP contribution in [0.25, 0.3) is 0 Å². The SMILES string of the molecule is CCOCCNC(=O)CCCOS.COCC(CO)CCCCNC(=O)CC(CCCCNC(=O)COCCNC(=O)CCCCOS)NC(=O)CCCNC=O. The fraction of sp³-hybridized carbons (Fsp3) is 0.838. The molecule has 0 spiro atoms. The summed E-state index contributed by atoms with van der Waals surface area (Å²) < 4.78 is 24.6. The molecular weight excluding hydrogens is 785 g/mol. The van der Waals surface area contributed by atoms with Gasteiger partial charge in [-0.05, 0) is 90.5 Å². The average Bonchev–Trinajstić information content (AvgIpc) is 3.19. The van der Waals surface area contributed by atoms with Gasteiger partial charge in [-0.2, -0.15) is 0 Å². The number of amides is 6. The lowest BCUT2D eigenvalue weighted by molar-refractivity contribution is -0.126. The molecule has 0 aliphatic heterocycles. The van der Waals surface area contributed by atoms with Gasteiger partial charge >= 0.3 is 0 Å². The van der Waals surface area contributed by atoms with Gasteiger partial charge in [0.2, 0.25) is 35.9 Å². The summed E-state index contributed by atoms with van der Waals surface area (Å²) in [5.74, 6) is -0.557. The van der Waals surface area contributed by atoms with Crippen LogP contribution in [0.5, 0.6) is 0 Å². The van der Waals surface area contributed by atoms with Gasteiger partial charge in [0.1, 0.15) is 6.61 Å². The van der Waals surface area contributed by atoms with Crippen molar-refractivity contribution in [3.63, 3.8) is 0 Å². The molecule has 0 aliphatic rings. The number of hydrogen-bond acceptors (Lipinski definition) is 14. The first-order valence-corrected chi connectivity index (χ1v) is 20.7. The van der Waals surface area contributed by atoms with E-state index in [1.54, 1.807) is 7.11 Å². The van der Waals surface area contributed by atoms with Crippen molar-refractivity contribution in [2.45, 2.75) is 103 Å². The minimum absolute atomic E-state index is 0.0325. The van der Waals surface area contributed by atoms with E-state index >= 15 is 0 Å². The number of nitrogens with one attached hydrogen (secondary N) is 6. The second kappa shape index (κ2) is 44.4. The highest BCUT2D eigenvalue weighted by Gasteiger charge is 2.17. The Kier molecular flexibility index (Phi) is 43.9. The van der Waals surface area contributed by atoms with E-state index in [1.807, 2.05) is 6.92 Å². The topological polar surface area (TPSA) is 241 Å². The van der Waals surface area contributed by atoms with E-state index in [4.69, 9.17) is 14.2 Å². The predicted octanol–water partition coefficient (Wildman–Crippen LogP) is 1.16. The molecule has 0 aromatic carbocycles. The van der Waals surface area contributed by atoms with Gasteiger partial charge in [-0.1, -0.05) is 6.42 Å². The minimum atomic E-state index is -0.354. The van der Waals surface area contributed by atoms with Crippen molar-refractivity contribution in [2.24, 2.45) is 5.92 Å². The van der Waals surface area contributed by atoms with Gasteiger partial charge in [-0.25, -0.2) is 0 Å². The lowest BCUT2D eigenvalue weighted by Crippen LogP contribution is -2.39. The first-order valence-electron chi connectivity index (χ1n) is 20.0. The molecule has 2 unspecified atom stereocenters. The van der Waals surface area contributed by atoms with E-state index in [2.05, 4.69) is 66.1 Å². The van der Waals surface area contributed by atoms with E-state index in [0.717, 1.165) is 25.7 Å². The van der Waals surface area contributed by atoms with Crippen molar-refractivity contribution in [3.8, 4) is 0 Å². The monoisotopic (exact) mass is 856 g/mol. The summed E-state index contributed by atoms with van der Waals surface area (Å²) in [6.45, 7) is 7.10. The van der Waals surface area contributed by atoms with Gasteiger partial charge < -0.3 is 59.6 Å². The fourth-order valence-corrected chi connectivity index (χ4v) is 5.29. The normalized spacial score (nSPS) is 11.7. The second-order valence-electron chi connectivity index (χ2n) is 13.0. The number of rotatable bonds is 39. The molecule has 0 aromatic rings. The molecule has 0 rings (SSSR count). The van der Waals surface area contributed by atoms with Crippen LogP contribution in [0, 0.1) is 5.92 Å². The Morgan fingerprint density at radius 3 is 1.82 bits per heavy atom.